The fraction of sp³-hybridized carbons (Fsp3) is 0.409. The third-order valence-electron chi connectivity index (χ3n) is 5.28. The zero-order valence-electron chi connectivity index (χ0n) is 19.5. The molecule has 12 nitrogen and oxygen atoms in total. The van der Waals surface area contributed by atoms with Gasteiger partial charge in [0.1, 0.15) is 24.0 Å². The summed E-state index contributed by atoms with van der Waals surface area (Å²) in [5.74, 6) is -1.18. The minimum Gasteiger partial charge on any atom is -0.480 e. The summed E-state index contributed by atoms with van der Waals surface area (Å²) in [6, 6.07) is 7.60. The van der Waals surface area contributed by atoms with Crippen LogP contribution >= 0.6 is 7.75 Å². The molecule has 1 aromatic carbocycles. The summed E-state index contributed by atoms with van der Waals surface area (Å²) in [5.41, 5.74) is -3.90. The molecule has 6 atom stereocenters. The molecule has 1 unspecified atom stereocenters. The molecule has 1 aromatic heterocycles. The lowest BCUT2D eigenvalue weighted by molar-refractivity contribution is -0.138. The van der Waals surface area contributed by atoms with Crippen LogP contribution in [0.2, 0.25) is 0 Å². The zero-order chi connectivity index (χ0) is 26.5. The number of hydrogen-bond acceptors (Lipinski definition) is 8. The number of carboxylic acids is 1. The van der Waals surface area contributed by atoms with Gasteiger partial charge >= 0.3 is 19.4 Å². The molecule has 3 rings (SSSR count). The Hall–Kier alpha value is -3.09. The first kappa shape index (κ1) is 27.5. The second kappa shape index (κ2) is 11.3. The topological polar surface area (TPSA) is 158 Å². The Morgan fingerprint density at radius 3 is 2.69 bits per heavy atom. The van der Waals surface area contributed by atoms with Gasteiger partial charge in [0.2, 0.25) is 0 Å². The van der Waals surface area contributed by atoms with Gasteiger partial charge in [-0.1, -0.05) is 24.3 Å². The lowest BCUT2D eigenvalue weighted by Gasteiger charge is -2.28. The van der Waals surface area contributed by atoms with Crippen molar-refractivity contribution >= 4 is 13.7 Å². The summed E-state index contributed by atoms with van der Waals surface area (Å²) < 4.78 is 52.6. The van der Waals surface area contributed by atoms with Crippen LogP contribution < -0.4 is 20.9 Å². The predicted molar refractivity (Wildman–Crippen MR) is 126 cm³/mol. The van der Waals surface area contributed by atoms with Crippen LogP contribution in [0, 0.1) is 0 Å². The zero-order valence-corrected chi connectivity index (χ0v) is 20.4. The standard InChI is InChI=1S/C22H27FN3O9P/c1-4-12-32-18-16(34-20(22(18,3)23)26-11-10-17(27)24-21(26)30)13-33-36(31,25-14(2)19(28)29)35-15-8-6-5-7-9-15/h4-11,14,16,18,20H,1,12-13H2,2-3H3,(H,25,31)(H,28,29)(H,24,27,30)/t14-,16+,18+,20+,22+,36?/m0/s1. The van der Waals surface area contributed by atoms with Gasteiger partial charge in [-0.2, -0.15) is 5.09 Å². The monoisotopic (exact) mass is 527 g/mol. The van der Waals surface area contributed by atoms with E-state index in [1.165, 1.54) is 25.1 Å². The van der Waals surface area contributed by atoms with Gasteiger partial charge < -0.3 is 19.1 Å². The molecule has 0 radical (unpaired) electrons. The molecule has 0 saturated carbocycles. The Bertz CT molecular complexity index is 1230. The maximum atomic E-state index is 16.0. The molecule has 1 fully saturated rings. The van der Waals surface area contributed by atoms with E-state index in [-0.39, 0.29) is 12.4 Å². The van der Waals surface area contributed by atoms with Gasteiger partial charge in [0.05, 0.1) is 13.2 Å². The number of carbonyl (C=O) groups is 1. The number of halogens is 1. The molecule has 3 N–H and O–H groups in total. The summed E-state index contributed by atoms with van der Waals surface area (Å²) >= 11 is 0. The van der Waals surface area contributed by atoms with E-state index in [0.717, 1.165) is 23.8 Å². The summed E-state index contributed by atoms with van der Waals surface area (Å²) in [4.78, 5) is 37.1. The van der Waals surface area contributed by atoms with Gasteiger partial charge in [0.15, 0.2) is 11.9 Å². The highest BCUT2D eigenvalue weighted by molar-refractivity contribution is 7.52. The first-order valence-electron chi connectivity index (χ1n) is 10.8. The highest BCUT2D eigenvalue weighted by atomic mass is 31.2. The summed E-state index contributed by atoms with van der Waals surface area (Å²) in [6.45, 7) is 5.27. The molecule has 1 aliphatic rings. The summed E-state index contributed by atoms with van der Waals surface area (Å²) in [5, 5.41) is 11.6. The average Bonchev–Trinajstić information content (AvgIpc) is 3.06. The molecular weight excluding hydrogens is 500 g/mol. The van der Waals surface area contributed by atoms with Crippen LogP contribution in [0.3, 0.4) is 0 Å². The number of aromatic nitrogens is 2. The summed E-state index contributed by atoms with van der Waals surface area (Å²) in [7, 11) is -4.33. The minimum absolute atomic E-state index is 0.0796. The first-order valence-corrected chi connectivity index (χ1v) is 12.4. The number of nitrogens with zero attached hydrogens (tertiary/aromatic N) is 1. The van der Waals surface area contributed by atoms with E-state index in [1.54, 1.807) is 18.2 Å². The van der Waals surface area contributed by atoms with Crippen LogP contribution in [0.25, 0.3) is 0 Å². The van der Waals surface area contributed by atoms with E-state index in [1.807, 2.05) is 4.98 Å². The number of carboxylic acid groups (broad SMARTS) is 1. The van der Waals surface area contributed by atoms with E-state index < -0.39 is 61.7 Å². The molecule has 36 heavy (non-hydrogen) atoms. The van der Waals surface area contributed by atoms with Crippen molar-refractivity contribution in [2.24, 2.45) is 0 Å². The Labute approximate surface area is 205 Å². The van der Waals surface area contributed by atoms with Gasteiger partial charge in [-0.15, -0.1) is 6.58 Å². The maximum absolute atomic E-state index is 16.0. The molecule has 2 aromatic rings. The van der Waals surface area contributed by atoms with Crippen molar-refractivity contribution in [2.45, 2.75) is 44.0 Å². The van der Waals surface area contributed by atoms with Crippen molar-refractivity contribution in [2.75, 3.05) is 13.2 Å². The number of ether oxygens (including phenoxy) is 2. The van der Waals surface area contributed by atoms with Crippen molar-refractivity contribution in [1.29, 1.82) is 0 Å². The van der Waals surface area contributed by atoms with Crippen LogP contribution in [-0.2, 0) is 23.4 Å². The Morgan fingerprint density at radius 2 is 2.08 bits per heavy atom. The van der Waals surface area contributed by atoms with Crippen LogP contribution in [0.15, 0.2) is 64.8 Å². The average molecular weight is 527 g/mol. The van der Waals surface area contributed by atoms with Gasteiger partial charge in [0, 0.05) is 12.3 Å². The molecule has 196 valence electrons. The summed E-state index contributed by atoms with van der Waals surface area (Å²) in [6.07, 6.45) is -1.63. The van der Waals surface area contributed by atoms with Gasteiger partial charge in [-0.25, -0.2) is 13.8 Å². The molecule has 0 aliphatic carbocycles. The number of H-pyrrole nitrogens is 1. The third kappa shape index (κ3) is 6.37. The fourth-order valence-electron chi connectivity index (χ4n) is 3.57. The normalized spacial score (nSPS) is 26.1. The molecule has 1 saturated heterocycles. The number of alkyl halides is 1. The maximum Gasteiger partial charge on any atom is 0.459 e. The molecule has 2 heterocycles. The Balaban J connectivity index is 1.88. The second-order valence-corrected chi connectivity index (χ2v) is 9.82. The number of benzene rings is 1. The highest BCUT2D eigenvalue weighted by Gasteiger charge is 2.57. The van der Waals surface area contributed by atoms with Crippen molar-refractivity contribution in [1.82, 2.24) is 14.6 Å². The van der Waals surface area contributed by atoms with E-state index in [9.17, 15) is 24.1 Å². The highest BCUT2D eigenvalue weighted by Crippen LogP contribution is 2.48. The predicted octanol–water partition coefficient (Wildman–Crippen LogP) is 2.00. The van der Waals surface area contributed by atoms with Gasteiger partial charge in [-0.3, -0.25) is 23.7 Å². The smallest absolute Gasteiger partial charge is 0.459 e. The lowest BCUT2D eigenvalue weighted by Crippen LogP contribution is -2.45. The van der Waals surface area contributed by atoms with E-state index in [4.69, 9.17) is 18.5 Å². The van der Waals surface area contributed by atoms with E-state index in [0.29, 0.717) is 0 Å². The van der Waals surface area contributed by atoms with Crippen molar-refractivity contribution in [3.63, 3.8) is 0 Å². The minimum atomic E-state index is -4.33. The number of para-hydroxylation sites is 1. The van der Waals surface area contributed by atoms with E-state index in [2.05, 4.69) is 11.7 Å². The Morgan fingerprint density at radius 1 is 1.39 bits per heavy atom. The first-order chi connectivity index (χ1) is 17.0. The van der Waals surface area contributed by atoms with Crippen molar-refractivity contribution < 1.29 is 37.4 Å². The Kier molecular flexibility index (Phi) is 8.64. The molecule has 0 spiro atoms. The quantitative estimate of drug-likeness (QED) is 0.275. The fourth-order valence-corrected chi connectivity index (χ4v) is 5.07. The number of rotatable bonds is 12. The molecule has 14 heteroatoms. The van der Waals surface area contributed by atoms with Crippen LogP contribution in [0.4, 0.5) is 4.39 Å². The van der Waals surface area contributed by atoms with Crippen LogP contribution in [-0.4, -0.2) is 57.8 Å². The number of aliphatic carboxylic acids is 1. The lowest BCUT2D eigenvalue weighted by atomic mass is 9.98. The van der Waals surface area contributed by atoms with Gasteiger partial charge in [-0.05, 0) is 26.0 Å². The SMILES string of the molecule is C=CCO[C@@H]1[C@@H](COP(=O)(N[C@@H](C)C(=O)O)Oc2ccccc2)O[C@@H](n2ccc(=O)[nH]c2=O)[C@]1(C)F. The van der Waals surface area contributed by atoms with Crippen LogP contribution in [0.5, 0.6) is 5.75 Å². The number of hydrogen-bond donors (Lipinski definition) is 3. The molecule has 0 amide bonds. The van der Waals surface area contributed by atoms with E-state index >= 15 is 4.39 Å². The number of aromatic amines is 1. The van der Waals surface area contributed by atoms with Gasteiger partial charge in [0.25, 0.3) is 5.56 Å². The second-order valence-electron chi connectivity index (χ2n) is 8.12. The molecular formula is C22H27FN3O9P. The number of nitrogens with one attached hydrogen (secondary N) is 2. The molecule has 0 bridgehead atoms. The van der Waals surface area contributed by atoms with Crippen LogP contribution in [0.1, 0.15) is 20.1 Å². The van der Waals surface area contributed by atoms with Crippen molar-refractivity contribution in [3.8, 4) is 5.75 Å². The third-order valence-corrected chi connectivity index (χ3v) is 6.92. The largest absolute Gasteiger partial charge is 0.480 e. The molecule has 1 aliphatic heterocycles. The van der Waals surface area contributed by atoms with Crippen molar-refractivity contribution in [3.05, 3.63) is 76.1 Å².